The van der Waals surface area contributed by atoms with Gasteiger partial charge in [0.05, 0.1) is 13.2 Å². The molecule has 0 fully saturated rings. The highest BCUT2D eigenvalue weighted by atomic mass is 32.2. The van der Waals surface area contributed by atoms with Crippen LogP contribution in [0.5, 0.6) is 0 Å². The molecule has 3 rings (SSSR count). The second kappa shape index (κ2) is 6.83. The van der Waals surface area contributed by atoms with Gasteiger partial charge in [-0.3, -0.25) is 4.99 Å². The average Bonchev–Trinajstić information content (AvgIpc) is 3.17. The van der Waals surface area contributed by atoms with E-state index < -0.39 is 0 Å². The Morgan fingerprint density at radius 3 is 2.90 bits per heavy atom. The van der Waals surface area contributed by atoms with Crippen LogP contribution in [0, 0.1) is 0 Å². The zero-order valence-corrected chi connectivity index (χ0v) is 13.1. The summed E-state index contributed by atoms with van der Waals surface area (Å²) in [5, 5.41) is 11.1. The first-order valence-corrected chi connectivity index (χ1v) is 8.73. The van der Waals surface area contributed by atoms with Gasteiger partial charge >= 0.3 is 0 Å². The Morgan fingerprint density at radius 2 is 2.19 bits per heavy atom. The fourth-order valence-corrected chi connectivity index (χ4v) is 4.01. The Balaban J connectivity index is 1.62. The highest BCUT2D eigenvalue weighted by Crippen LogP contribution is 2.44. The van der Waals surface area contributed by atoms with Gasteiger partial charge in [-0.05, 0) is 52.5 Å². The van der Waals surface area contributed by atoms with Crippen molar-refractivity contribution in [2.45, 2.75) is 11.8 Å². The lowest BCUT2D eigenvalue weighted by atomic mass is 10.3. The van der Waals surface area contributed by atoms with Crippen molar-refractivity contribution < 1.29 is 4.74 Å². The maximum absolute atomic E-state index is 5.46. The van der Waals surface area contributed by atoms with Gasteiger partial charge in [-0.15, -0.1) is 0 Å². The number of ether oxygens (including phenoxy) is 1. The van der Waals surface area contributed by atoms with Gasteiger partial charge in [-0.25, -0.2) is 0 Å². The van der Waals surface area contributed by atoms with E-state index in [1.54, 1.807) is 0 Å². The van der Waals surface area contributed by atoms with Crippen LogP contribution < -0.4 is 10.6 Å². The van der Waals surface area contributed by atoms with E-state index >= 15 is 0 Å². The number of thiol groups is 1. The van der Waals surface area contributed by atoms with Gasteiger partial charge in [0, 0.05) is 18.8 Å². The fourth-order valence-electron chi connectivity index (χ4n) is 2.24. The molecule has 2 heterocycles. The molecule has 112 valence electrons. The first-order valence-electron chi connectivity index (χ1n) is 7.25. The monoisotopic (exact) mass is 303 g/mol. The Hall–Kier alpha value is -1.72. The molecule has 0 radical (unpaired) electrons. The van der Waals surface area contributed by atoms with E-state index in [1.165, 1.54) is 10.5 Å². The third kappa shape index (κ3) is 3.68. The van der Waals surface area contributed by atoms with Crippen molar-refractivity contribution in [3.05, 3.63) is 46.7 Å². The molecule has 0 aliphatic carbocycles. The van der Waals surface area contributed by atoms with Gasteiger partial charge in [0.1, 0.15) is 0 Å². The number of aliphatic imine (C=N–C) groups is 1. The maximum Gasteiger partial charge on any atom is 0.195 e. The number of hydrogen-bond acceptors (Lipinski definition) is 4. The molecule has 0 bridgehead atoms. The lowest BCUT2D eigenvalue weighted by molar-refractivity contribution is 0.173. The minimum Gasteiger partial charge on any atom is -0.377 e. The van der Waals surface area contributed by atoms with E-state index in [-0.39, 0.29) is 10.9 Å². The van der Waals surface area contributed by atoms with Gasteiger partial charge in [0.15, 0.2) is 5.96 Å². The maximum atomic E-state index is 5.46. The Kier molecular flexibility index (Phi) is 4.62. The van der Waals surface area contributed by atoms with Gasteiger partial charge in [-0.1, -0.05) is 6.08 Å². The molecule has 0 saturated heterocycles. The van der Waals surface area contributed by atoms with E-state index in [0.717, 1.165) is 38.0 Å². The van der Waals surface area contributed by atoms with Gasteiger partial charge in [0.25, 0.3) is 0 Å². The van der Waals surface area contributed by atoms with Crippen molar-refractivity contribution in [1.82, 2.24) is 5.32 Å². The number of guanidine groups is 1. The standard InChI is InChI=1S/C16H21N3OS/c1-2-20-11-13-7-10-21(12-13)15-5-3-14(4-6-15)19-16-17-8-9-18-16/h3-7,10,12,21H,2,8-9,11H2,1H3,(H2,17,18,19). The van der Waals surface area contributed by atoms with Crippen molar-refractivity contribution in [3.63, 3.8) is 0 Å². The summed E-state index contributed by atoms with van der Waals surface area (Å²) < 4.78 is 5.46. The highest BCUT2D eigenvalue weighted by Gasteiger charge is 2.09. The molecule has 0 spiro atoms. The third-order valence-electron chi connectivity index (χ3n) is 3.33. The summed E-state index contributed by atoms with van der Waals surface area (Å²) in [6, 6.07) is 8.60. The molecule has 4 nitrogen and oxygen atoms in total. The molecular formula is C16H21N3OS. The molecule has 21 heavy (non-hydrogen) atoms. The number of nitrogens with one attached hydrogen (secondary N) is 2. The molecule has 1 unspecified atom stereocenters. The molecule has 2 N–H and O–H groups in total. The van der Waals surface area contributed by atoms with Crippen LogP contribution in [0.25, 0.3) is 0 Å². The summed E-state index contributed by atoms with van der Waals surface area (Å²) in [6.07, 6.45) is 2.19. The second-order valence-corrected chi connectivity index (χ2v) is 6.78. The van der Waals surface area contributed by atoms with Crippen LogP contribution in [0.1, 0.15) is 6.92 Å². The first-order chi connectivity index (χ1) is 10.3. The fraction of sp³-hybridized carbons (Fsp3) is 0.312. The van der Waals surface area contributed by atoms with Gasteiger partial charge in [0.2, 0.25) is 0 Å². The van der Waals surface area contributed by atoms with Crippen LogP contribution in [-0.2, 0) is 4.74 Å². The van der Waals surface area contributed by atoms with Crippen LogP contribution in [0.15, 0.2) is 56.6 Å². The number of anilines is 1. The molecule has 2 aliphatic rings. The van der Waals surface area contributed by atoms with Crippen molar-refractivity contribution >= 4 is 22.5 Å². The first kappa shape index (κ1) is 14.2. The Morgan fingerprint density at radius 1 is 1.33 bits per heavy atom. The largest absolute Gasteiger partial charge is 0.377 e. The zero-order chi connectivity index (χ0) is 14.5. The molecule has 1 atom stereocenters. The normalized spacial score (nSPS) is 21.9. The number of rotatable bonds is 5. The molecule has 0 amide bonds. The van der Waals surface area contributed by atoms with E-state index in [0.29, 0.717) is 0 Å². The highest BCUT2D eigenvalue weighted by molar-refractivity contribution is 8.22. The minimum absolute atomic E-state index is 0.320. The van der Waals surface area contributed by atoms with Crippen LogP contribution in [0.4, 0.5) is 5.69 Å². The summed E-state index contributed by atoms with van der Waals surface area (Å²) in [5.41, 5.74) is 2.36. The molecule has 0 saturated carbocycles. The number of nitrogens with zero attached hydrogens (tertiary/aromatic N) is 1. The van der Waals surface area contributed by atoms with Crippen molar-refractivity contribution in [1.29, 1.82) is 0 Å². The quantitative estimate of drug-likeness (QED) is 0.733. The molecule has 2 aliphatic heterocycles. The van der Waals surface area contributed by atoms with E-state index in [2.05, 4.69) is 56.8 Å². The summed E-state index contributed by atoms with van der Waals surface area (Å²) >= 11 is 0. The topological polar surface area (TPSA) is 45.6 Å². The Labute approximate surface area is 128 Å². The molecule has 1 aromatic rings. The SMILES string of the molecule is CCOCC1=C[SH](c2ccc(NC3=NCCN3)cc2)C=C1. The molecule has 1 aromatic carbocycles. The van der Waals surface area contributed by atoms with Crippen molar-refractivity contribution in [2.75, 3.05) is 31.6 Å². The van der Waals surface area contributed by atoms with E-state index in [9.17, 15) is 0 Å². The molecule has 0 aromatic heterocycles. The minimum atomic E-state index is -0.320. The molecular weight excluding hydrogens is 282 g/mol. The third-order valence-corrected chi connectivity index (χ3v) is 5.30. The summed E-state index contributed by atoms with van der Waals surface area (Å²) in [4.78, 5) is 5.69. The summed E-state index contributed by atoms with van der Waals surface area (Å²) in [7, 11) is -0.320. The van der Waals surface area contributed by atoms with Crippen LogP contribution in [0.2, 0.25) is 0 Å². The van der Waals surface area contributed by atoms with Gasteiger partial charge < -0.3 is 15.4 Å². The average molecular weight is 303 g/mol. The van der Waals surface area contributed by atoms with Crippen molar-refractivity contribution in [3.8, 4) is 0 Å². The smallest absolute Gasteiger partial charge is 0.195 e. The predicted molar refractivity (Wildman–Crippen MR) is 91.3 cm³/mol. The Bertz CT molecular complexity index is 578. The summed E-state index contributed by atoms with van der Waals surface area (Å²) in [6.45, 7) is 5.28. The predicted octanol–water partition coefficient (Wildman–Crippen LogP) is 2.87. The second-order valence-electron chi connectivity index (χ2n) is 4.89. The zero-order valence-electron chi connectivity index (χ0n) is 12.2. The number of benzene rings is 1. The van der Waals surface area contributed by atoms with Crippen molar-refractivity contribution in [2.24, 2.45) is 4.99 Å². The number of hydrogen-bond donors (Lipinski definition) is 3. The van der Waals surface area contributed by atoms with E-state index in [4.69, 9.17) is 4.74 Å². The molecule has 5 heteroatoms. The van der Waals surface area contributed by atoms with Gasteiger partial charge in [-0.2, -0.15) is 10.9 Å². The van der Waals surface area contributed by atoms with Crippen LogP contribution in [-0.4, -0.2) is 32.3 Å². The lowest BCUT2D eigenvalue weighted by Crippen LogP contribution is -2.26. The van der Waals surface area contributed by atoms with Crippen LogP contribution >= 0.6 is 10.9 Å². The van der Waals surface area contributed by atoms with Crippen LogP contribution in [0.3, 0.4) is 0 Å². The van der Waals surface area contributed by atoms with E-state index in [1.807, 2.05) is 6.92 Å². The summed E-state index contributed by atoms with van der Waals surface area (Å²) in [5.74, 6) is 0.869. The lowest BCUT2D eigenvalue weighted by Gasteiger charge is -2.12.